The highest BCUT2D eigenvalue weighted by Crippen LogP contribution is 2.36. The van der Waals surface area contributed by atoms with Crippen molar-refractivity contribution in [1.29, 1.82) is 0 Å². The van der Waals surface area contributed by atoms with Gasteiger partial charge in [0.15, 0.2) is 0 Å². The van der Waals surface area contributed by atoms with Crippen molar-refractivity contribution in [3.05, 3.63) is 28.5 Å². The minimum atomic E-state index is -1.38. The van der Waals surface area contributed by atoms with Gasteiger partial charge in [0, 0.05) is 6.54 Å². The number of urea groups is 1. The van der Waals surface area contributed by atoms with Gasteiger partial charge in [0.25, 0.3) is 5.91 Å². The predicted molar refractivity (Wildman–Crippen MR) is 76.0 cm³/mol. The summed E-state index contributed by atoms with van der Waals surface area (Å²) in [5.74, 6) is -2.95. The number of carboxylic acid groups (broad SMARTS) is 1. The number of amides is 3. The SMILES string of the molecule is O=C(O)c1cc(N2C(=O)[C@H]3C[C@H](Cl)CN3C2=O)c(F)cc1Cl. The number of anilines is 1. The fourth-order valence-corrected chi connectivity index (χ4v) is 3.25. The molecule has 22 heavy (non-hydrogen) atoms. The number of carbonyl (C=O) groups excluding carboxylic acids is 2. The molecule has 2 aliphatic rings. The van der Waals surface area contributed by atoms with E-state index in [4.69, 9.17) is 28.3 Å². The van der Waals surface area contributed by atoms with Gasteiger partial charge in [-0.15, -0.1) is 11.6 Å². The van der Waals surface area contributed by atoms with Crippen LogP contribution in [0.2, 0.25) is 5.02 Å². The average Bonchev–Trinajstić information content (AvgIpc) is 2.90. The summed E-state index contributed by atoms with van der Waals surface area (Å²) in [7, 11) is 0. The third kappa shape index (κ3) is 2.12. The molecule has 0 aromatic heterocycles. The summed E-state index contributed by atoms with van der Waals surface area (Å²) in [4.78, 5) is 37.6. The molecule has 1 N–H and O–H groups in total. The van der Waals surface area contributed by atoms with E-state index in [1.165, 1.54) is 4.90 Å². The van der Waals surface area contributed by atoms with Crippen LogP contribution in [0.5, 0.6) is 0 Å². The number of halogens is 3. The zero-order chi connectivity index (χ0) is 16.2. The largest absolute Gasteiger partial charge is 0.478 e. The lowest BCUT2D eigenvalue weighted by Crippen LogP contribution is -2.35. The molecular weight excluding hydrogens is 338 g/mol. The van der Waals surface area contributed by atoms with Crippen molar-refractivity contribution >= 4 is 46.8 Å². The molecule has 2 saturated heterocycles. The highest BCUT2D eigenvalue weighted by atomic mass is 35.5. The Morgan fingerprint density at radius 2 is 2.05 bits per heavy atom. The topological polar surface area (TPSA) is 77.9 Å². The fraction of sp³-hybridized carbons (Fsp3) is 0.308. The first kappa shape index (κ1) is 15.1. The molecule has 2 aliphatic heterocycles. The van der Waals surface area contributed by atoms with Crippen molar-refractivity contribution < 1.29 is 23.9 Å². The number of benzene rings is 1. The van der Waals surface area contributed by atoms with Crippen molar-refractivity contribution in [2.24, 2.45) is 0 Å². The Labute approximate surface area is 134 Å². The quantitative estimate of drug-likeness (QED) is 0.658. The van der Waals surface area contributed by atoms with E-state index in [0.29, 0.717) is 4.90 Å². The number of imide groups is 1. The van der Waals surface area contributed by atoms with E-state index in [2.05, 4.69) is 0 Å². The van der Waals surface area contributed by atoms with E-state index in [9.17, 15) is 18.8 Å². The lowest BCUT2D eigenvalue weighted by Gasteiger charge is -2.17. The number of carboxylic acids is 1. The smallest absolute Gasteiger partial charge is 0.337 e. The van der Waals surface area contributed by atoms with Crippen LogP contribution in [0.3, 0.4) is 0 Å². The summed E-state index contributed by atoms with van der Waals surface area (Å²) in [6.45, 7) is 0.189. The van der Waals surface area contributed by atoms with Crippen LogP contribution >= 0.6 is 23.2 Å². The molecule has 0 saturated carbocycles. The summed E-state index contributed by atoms with van der Waals surface area (Å²) >= 11 is 11.6. The first-order valence-corrected chi connectivity index (χ1v) is 7.13. The summed E-state index contributed by atoms with van der Waals surface area (Å²) < 4.78 is 14.1. The molecule has 9 heteroatoms. The van der Waals surface area contributed by atoms with Gasteiger partial charge >= 0.3 is 12.0 Å². The number of hydrogen-bond acceptors (Lipinski definition) is 3. The van der Waals surface area contributed by atoms with Crippen LogP contribution in [0.15, 0.2) is 12.1 Å². The van der Waals surface area contributed by atoms with Gasteiger partial charge < -0.3 is 10.0 Å². The normalized spacial score (nSPS) is 24.1. The number of nitrogens with zero attached hydrogens (tertiary/aromatic N) is 2. The first-order chi connectivity index (χ1) is 10.3. The summed E-state index contributed by atoms with van der Waals surface area (Å²) in [5.41, 5.74) is -0.807. The number of carbonyl (C=O) groups is 3. The van der Waals surface area contributed by atoms with Gasteiger partial charge in [0.2, 0.25) is 0 Å². The van der Waals surface area contributed by atoms with Gasteiger partial charge in [0.05, 0.1) is 21.7 Å². The summed E-state index contributed by atoms with van der Waals surface area (Å²) in [5, 5.41) is 8.39. The number of alkyl halides is 1. The second-order valence-corrected chi connectivity index (χ2v) is 6.07. The second kappa shape index (κ2) is 5.10. The van der Waals surface area contributed by atoms with Crippen LogP contribution in [0, 0.1) is 5.82 Å². The lowest BCUT2D eigenvalue weighted by molar-refractivity contribution is -0.119. The van der Waals surface area contributed by atoms with Gasteiger partial charge in [-0.2, -0.15) is 0 Å². The first-order valence-electron chi connectivity index (χ1n) is 6.32. The molecule has 0 radical (unpaired) electrons. The molecule has 0 bridgehead atoms. The molecule has 116 valence electrons. The van der Waals surface area contributed by atoms with Crippen LogP contribution in [-0.2, 0) is 4.79 Å². The summed E-state index contributed by atoms with van der Waals surface area (Å²) in [6, 6.07) is 0.208. The number of aromatic carboxylic acids is 1. The van der Waals surface area contributed by atoms with E-state index in [0.717, 1.165) is 12.1 Å². The molecule has 3 amide bonds. The molecule has 2 heterocycles. The Balaban J connectivity index is 2.05. The van der Waals surface area contributed by atoms with Crippen molar-refractivity contribution in [3.8, 4) is 0 Å². The van der Waals surface area contributed by atoms with E-state index in [1.54, 1.807) is 0 Å². The van der Waals surface area contributed by atoms with Gasteiger partial charge in [-0.1, -0.05) is 11.6 Å². The van der Waals surface area contributed by atoms with Crippen LogP contribution in [0.4, 0.5) is 14.9 Å². The van der Waals surface area contributed by atoms with Gasteiger partial charge in [-0.3, -0.25) is 4.79 Å². The molecule has 6 nitrogen and oxygen atoms in total. The standard InChI is InChI=1S/C13H9Cl2FN2O4/c14-5-1-10-11(19)18(13(22)17(10)4-5)9-2-6(12(20)21)7(15)3-8(9)16/h2-3,5,10H,1,4H2,(H,20,21)/t5-,10+/m0/s1. The van der Waals surface area contributed by atoms with Gasteiger partial charge in [-0.25, -0.2) is 18.9 Å². The highest BCUT2D eigenvalue weighted by Gasteiger charge is 2.51. The monoisotopic (exact) mass is 346 g/mol. The average molecular weight is 347 g/mol. The van der Waals surface area contributed by atoms with Crippen molar-refractivity contribution in [1.82, 2.24) is 4.90 Å². The third-order valence-electron chi connectivity index (χ3n) is 3.70. The Kier molecular flexibility index (Phi) is 3.49. The van der Waals surface area contributed by atoms with Crippen LogP contribution in [0.25, 0.3) is 0 Å². The maximum atomic E-state index is 14.1. The minimum Gasteiger partial charge on any atom is -0.478 e. The maximum absolute atomic E-state index is 14.1. The number of hydrogen-bond donors (Lipinski definition) is 1. The number of fused-ring (bicyclic) bond motifs is 1. The zero-order valence-electron chi connectivity index (χ0n) is 10.9. The fourth-order valence-electron chi connectivity index (χ4n) is 2.70. The Morgan fingerprint density at radius 1 is 1.36 bits per heavy atom. The van der Waals surface area contributed by atoms with Crippen molar-refractivity contribution in [2.75, 3.05) is 11.4 Å². The van der Waals surface area contributed by atoms with Crippen LogP contribution < -0.4 is 4.90 Å². The van der Waals surface area contributed by atoms with E-state index in [1.807, 2.05) is 0 Å². The Bertz CT molecular complexity index is 688. The number of rotatable bonds is 2. The second-order valence-electron chi connectivity index (χ2n) is 5.05. The summed E-state index contributed by atoms with van der Waals surface area (Å²) in [6.07, 6.45) is 0.281. The van der Waals surface area contributed by atoms with E-state index in [-0.39, 0.29) is 28.9 Å². The molecule has 1 aromatic carbocycles. The molecule has 2 fully saturated rings. The maximum Gasteiger partial charge on any atom is 0.337 e. The molecular formula is C13H9Cl2FN2O4. The third-order valence-corrected chi connectivity index (χ3v) is 4.33. The Hall–Kier alpha value is -1.86. The predicted octanol–water partition coefficient (Wildman–Crippen LogP) is 2.33. The molecule has 3 rings (SSSR count). The highest BCUT2D eigenvalue weighted by molar-refractivity contribution is 6.34. The van der Waals surface area contributed by atoms with E-state index >= 15 is 0 Å². The molecule has 0 aliphatic carbocycles. The minimum absolute atomic E-state index is 0.189. The molecule has 0 spiro atoms. The molecule has 0 unspecified atom stereocenters. The Morgan fingerprint density at radius 3 is 2.64 bits per heavy atom. The molecule has 1 aromatic rings. The molecule has 2 atom stereocenters. The van der Waals surface area contributed by atoms with Crippen LogP contribution in [-0.4, -0.2) is 45.9 Å². The van der Waals surface area contributed by atoms with Gasteiger partial charge in [0.1, 0.15) is 11.9 Å². The van der Waals surface area contributed by atoms with E-state index < -0.39 is 35.5 Å². The zero-order valence-corrected chi connectivity index (χ0v) is 12.4. The van der Waals surface area contributed by atoms with Crippen molar-refractivity contribution in [2.45, 2.75) is 17.8 Å². The van der Waals surface area contributed by atoms with Crippen LogP contribution in [0.1, 0.15) is 16.8 Å². The lowest BCUT2D eigenvalue weighted by atomic mass is 10.1. The van der Waals surface area contributed by atoms with Gasteiger partial charge in [-0.05, 0) is 18.6 Å². The van der Waals surface area contributed by atoms with Crippen molar-refractivity contribution in [3.63, 3.8) is 0 Å².